The molecule has 3 N–H and O–H groups in total. The van der Waals surface area contributed by atoms with Crippen LogP contribution in [0.1, 0.15) is 12.0 Å². The van der Waals surface area contributed by atoms with Crippen LogP contribution in [0.25, 0.3) is 0 Å². The van der Waals surface area contributed by atoms with Gasteiger partial charge in [-0.3, -0.25) is 9.89 Å². The molecule has 0 radical (unpaired) electrons. The van der Waals surface area contributed by atoms with E-state index in [2.05, 4.69) is 10.3 Å². The summed E-state index contributed by atoms with van der Waals surface area (Å²) >= 11 is 0. The van der Waals surface area contributed by atoms with E-state index in [0.29, 0.717) is 19.5 Å². The molecule has 118 valence electrons. The van der Waals surface area contributed by atoms with Gasteiger partial charge < -0.3 is 11.1 Å². The quantitative estimate of drug-likeness (QED) is 0.482. The molecule has 0 aromatic heterocycles. The Hall–Kier alpha value is -1.76. The van der Waals surface area contributed by atoms with Crippen molar-refractivity contribution >= 4 is 11.6 Å². The predicted molar refractivity (Wildman–Crippen MR) is 79.5 cm³/mol. The Labute approximate surface area is 122 Å². The summed E-state index contributed by atoms with van der Waals surface area (Å²) in [6, 6.07) is 7.66. The number of aliphatic imine (C=N–C) groups is 1. The third kappa shape index (κ3) is 8.19. The van der Waals surface area contributed by atoms with Crippen LogP contribution in [0.15, 0.2) is 29.3 Å². The molecule has 0 saturated carbocycles. The number of nitrogens with two attached hydrogens (primary N) is 1. The van der Waals surface area contributed by atoms with E-state index < -0.39 is 12.7 Å². The number of aryl methyl sites for hydroxylation is 1. The van der Waals surface area contributed by atoms with Crippen molar-refractivity contribution < 1.29 is 13.2 Å². The lowest BCUT2D eigenvalue weighted by atomic mass is 10.2. The zero-order valence-electron chi connectivity index (χ0n) is 12.2. The molecular weight excluding hydrogens is 281 g/mol. The number of hydrogen-bond donors (Lipinski definition) is 2. The number of hydrogen-bond acceptors (Lipinski definition) is 2. The lowest BCUT2D eigenvalue weighted by Gasteiger charge is -2.17. The minimum Gasteiger partial charge on any atom is -0.370 e. The third-order valence-corrected chi connectivity index (χ3v) is 2.75. The summed E-state index contributed by atoms with van der Waals surface area (Å²) in [5.41, 5.74) is 7.68. The van der Waals surface area contributed by atoms with E-state index in [9.17, 15) is 13.2 Å². The first kappa shape index (κ1) is 17.3. The molecule has 0 amide bonds. The van der Waals surface area contributed by atoms with E-state index in [1.807, 2.05) is 31.2 Å². The van der Waals surface area contributed by atoms with Crippen LogP contribution in [0.3, 0.4) is 0 Å². The molecule has 0 heterocycles. The van der Waals surface area contributed by atoms with E-state index in [4.69, 9.17) is 5.73 Å². The highest BCUT2D eigenvalue weighted by Gasteiger charge is 2.28. The first-order valence-electron chi connectivity index (χ1n) is 6.65. The first-order valence-corrected chi connectivity index (χ1v) is 6.65. The van der Waals surface area contributed by atoms with Crippen molar-refractivity contribution in [3.63, 3.8) is 0 Å². The van der Waals surface area contributed by atoms with Crippen molar-refractivity contribution in [2.24, 2.45) is 10.7 Å². The van der Waals surface area contributed by atoms with E-state index in [1.54, 1.807) is 0 Å². The van der Waals surface area contributed by atoms with Crippen molar-refractivity contribution in [1.29, 1.82) is 0 Å². The van der Waals surface area contributed by atoms with Crippen molar-refractivity contribution in [2.75, 3.05) is 32.0 Å². The molecule has 1 rings (SSSR count). The second-order valence-corrected chi connectivity index (χ2v) is 4.96. The number of rotatable bonds is 6. The van der Waals surface area contributed by atoms with Gasteiger partial charge in [0.05, 0.1) is 6.54 Å². The van der Waals surface area contributed by atoms with Gasteiger partial charge >= 0.3 is 6.18 Å². The molecular formula is C14H21F3N4. The van der Waals surface area contributed by atoms with Crippen LogP contribution in [0.2, 0.25) is 0 Å². The van der Waals surface area contributed by atoms with Gasteiger partial charge in [0.15, 0.2) is 5.96 Å². The SMILES string of the molecule is Cc1ccc(NC(N)=NCCCN(C)CC(F)(F)F)cc1. The Morgan fingerprint density at radius 3 is 2.48 bits per heavy atom. The number of halogens is 3. The van der Waals surface area contributed by atoms with Crippen LogP contribution in [0.4, 0.5) is 18.9 Å². The molecule has 0 fully saturated rings. The summed E-state index contributed by atoms with van der Waals surface area (Å²) in [5, 5.41) is 2.93. The number of nitrogens with zero attached hydrogens (tertiary/aromatic N) is 2. The Kier molecular flexibility index (Phi) is 6.48. The number of guanidine groups is 1. The minimum atomic E-state index is -4.16. The molecule has 0 aliphatic rings. The van der Waals surface area contributed by atoms with Crippen molar-refractivity contribution in [1.82, 2.24) is 4.90 Å². The third-order valence-electron chi connectivity index (χ3n) is 2.75. The van der Waals surface area contributed by atoms with E-state index in [0.717, 1.165) is 11.3 Å². The molecule has 0 spiro atoms. The van der Waals surface area contributed by atoms with Gasteiger partial charge in [-0.05, 0) is 39.1 Å². The second-order valence-electron chi connectivity index (χ2n) is 4.96. The van der Waals surface area contributed by atoms with E-state index >= 15 is 0 Å². The smallest absolute Gasteiger partial charge is 0.370 e. The topological polar surface area (TPSA) is 53.6 Å². The zero-order chi connectivity index (χ0) is 15.9. The summed E-state index contributed by atoms with van der Waals surface area (Å²) < 4.78 is 36.3. The minimum absolute atomic E-state index is 0.261. The predicted octanol–water partition coefficient (Wildman–Crippen LogP) is 2.61. The van der Waals surface area contributed by atoms with Crippen LogP contribution in [0.5, 0.6) is 0 Å². The van der Waals surface area contributed by atoms with E-state index in [-0.39, 0.29) is 5.96 Å². The van der Waals surface area contributed by atoms with Crippen LogP contribution in [-0.2, 0) is 0 Å². The summed E-state index contributed by atoms with van der Waals surface area (Å²) in [6.45, 7) is 1.78. The largest absolute Gasteiger partial charge is 0.401 e. The molecule has 4 nitrogen and oxygen atoms in total. The Balaban J connectivity index is 2.28. The van der Waals surface area contributed by atoms with Gasteiger partial charge in [-0.1, -0.05) is 17.7 Å². The number of anilines is 1. The average Bonchev–Trinajstić information content (AvgIpc) is 2.35. The maximum Gasteiger partial charge on any atom is 0.401 e. The maximum atomic E-state index is 12.1. The fourth-order valence-electron chi connectivity index (χ4n) is 1.75. The van der Waals surface area contributed by atoms with Gasteiger partial charge in [0.1, 0.15) is 0 Å². The highest BCUT2D eigenvalue weighted by Crippen LogP contribution is 2.15. The monoisotopic (exact) mass is 302 g/mol. The van der Waals surface area contributed by atoms with Gasteiger partial charge in [-0.2, -0.15) is 13.2 Å². The Morgan fingerprint density at radius 1 is 1.29 bits per heavy atom. The molecule has 0 atom stereocenters. The van der Waals surface area contributed by atoms with Gasteiger partial charge in [-0.15, -0.1) is 0 Å². The number of nitrogens with one attached hydrogen (secondary N) is 1. The fraction of sp³-hybridized carbons (Fsp3) is 0.500. The molecule has 0 aliphatic heterocycles. The zero-order valence-corrected chi connectivity index (χ0v) is 12.2. The lowest BCUT2D eigenvalue weighted by molar-refractivity contribution is -0.143. The van der Waals surface area contributed by atoms with E-state index in [1.165, 1.54) is 11.9 Å². The molecule has 1 aromatic carbocycles. The number of alkyl halides is 3. The molecule has 1 aromatic rings. The average molecular weight is 302 g/mol. The number of benzene rings is 1. The molecule has 7 heteroatoms. The second kappa shape index (κ2) is 7.87. The molecule has 0 bridgehead atoms. The molecule has 0 saturated heterocycles. The Morgan fingerprint density at radius 2 is 1.90 bits per heavy atom. The van der Waals surface area contributed by atoms with Crippen LogP contribution < -0.4 is 11.1 Å². The van der Waals surface area contributed by atoms with Gasteiger partial charge in [0.2, 0.25) is 0 Å². The van der Waals surface area contributed by atoms with Gasteiger partial charge in [0.25, 0.3) is 0 Å². The van der Waals surface area contributed by atoms with Crippen LogP contribution >= 0.6 is 0 Å². The Bertz CT molecular complexity index is 454. The molecule has 0 unspecified atom stereocenters. The normalized spacial score (nSPS) is 12.8. The standard InChI is InChI=1S/C14H21F3N4/c1-11-4-6-12(7-5-11)20-13(18)19-8-3-9-21(2)10-14(15,16)17/h4-7H,3,8-10H2,1-2H3,(H3,18,19,20). The fourth-order valence-corrected chi connectivity index (χ4v) is 1.75. The summed E-state index contributed by atoms with van der Waals surface area (Å²) in [7, 11) is 1.44. The molecule has 21 heavy (non-hydrogen) atoms. The van der Waals surface area contributed by atoms with Crippen molar-refractivity contribution in [2.45, 2.75) is 19.5 Å². The first-order chi connectivity index (χ1) is 9.76. The highest BCUT2D eigenvalue weighted by molar-refractivity contribution is 5.92. The van der Waals surface area contributed by atoms with Crippen molar-refractivity contribution in [3.8, 4) is 0 Å². The highest BCUT2D eigenvalue weighted by atomic mass is 19.4. The van der Waals surface area contributed by atoms with Gasteiger partial charge in [0, 0.05) is 12.2 Å². The maximum absolute atomic E-state index is 12.1. The summed E-state index contributed by atoms with van der Waals surface area (Å²) in [5.74, 6) is 0.261. The molecule has 0 aliphatic carbocycles. The lowest BCUT2D eigenvalue weighted by Crippen LogP contribution is -2.32. The van der Waals surface area contributed by atoms with Crippen molar-refractivity contribution in [3.05, 3.63) is 29.8 Å². The van der Waals surface area contributed by atoms with Crippen LogP contribution in [-0.4, -0.2) is 43.7 Å². The van der Waals surface area contributed by atoms with Gasteiger partial charge in [-0.25, -0.2) is 0 Å². The summed E-state index contributed by atoms with van der Waals surface area (Å²) in [4.78, 5) is 5.31. The summed E-state index contributed by atoms with van der Waals surface area (Å²) in [6.07, 6.45) is -3.65. The van der Waals surface area contributed by atoms with Crippen LogP contribution in [0, 0.1) is 6.92 Å².